The van der Waals surface area contributed by atoms with E-state index in [0.29, 0.717) is 0 Å². The number of aromatic amines is 1. The lowest BCUT2D eigenvalue weighted by Crippen LogP contribution is -2.35. The standard InChI is InChI=1S/C18H20N4O3S/c23-18-7-5-16(6-8-18)11-22-26(24,25)21-10-15-3-1-14(2-4-15)9-17-12-19-13-20-17/h1-8,12-13,21-23H,9-11H2,(H,19,20). The summed E-state index contributed by atoms with van der Waals surface area (Å²) in [5, 5.41) is 9.23. The zero-order valence-corrected chi connectivity index (χ0v) is 14.8. The lowest BCUT2D eigenvalue weighted by molar-refractivity contribution is 0.475. The third-order valence-corrected chi connectivity index (χ3v) is 4.89. The van der Waals surface area contributed by atoms with Gasteiger partial charge in [0.1, 0.15) is 5.75 Å². The van der Waals surface area contributed by atoms with Crippen molar-refractivity contribution < 1.29 is 13.5 Å². The van der Waals surface area contributed by atoms with Crippen molar-refractivity contribution in [2.75, 3.05) is 0 Å². The lowest BCUT2D eigenvalue weighted by Gasteiger charge is -2.09. The van der Waals surface area contributed by atoms with Gasteiger partial charge in [-0.1, -0.05) is 36.4 Å². The average Bonchev–Trinajstić information content (AvgIpc) is 3.14. The third kappa shape index (κ3) is 5.41. The van der Waals surface area contributed by atoms with E-state index in [2.05, 4.69) is 19.4 Å². The number of benzene rings is 2. The molecule has 8 heteroatoms. The van der Waals surface area contributed by atoms with E-state index in [9.17, 15) is 13.5 Å². The van der Waals surface area contributed by atoms with Crippen LogP contribution in [0.4, 0.5) is 0 Å². The highest BCUT2D eigenvalue weighted by molar-refractivity contribution is 7.87. The Kier molecular flexibility index (Phi) is 5.67. The fourth-order valence-corrected chi connectivity index (χ4v) is 3.21. The second-order valence-corrected chi connectivity index (χ2v) is 7.47. The normalized spacial score (nSPS) is 11.5. The number of imidazole rings is 1. The predicted octanol–water partition coefficient (Wildman–Crippen LogP) is 1.83. The summed E-state index contributed by atoms with van der Waals surface area (Å²) in [4.78, 5) is 7.04. The Morgan fingerprint density at radius 3 is 1.96 bits per heavy atom. The summed E-state index contributed by atoms with van der Waals surface area (Å²) in [5.41, 5.74) is 3.77. The Morgan fingerprint density at radius 2 is 1.42 bits per heavy atom. The Balaban J connectivity index is 1.49. The summed E-state index contributed by atoms with van der Waals surface area (Å²) < 4.78 is 29.1. The number of H-pyrrole nitrogens is 1. The van der Waals surface area contributed by atoms with Crippen LogP contribution in [0.5, 0.6) is 5.75 Å². The largest absolute Gasteiger partial charge is 0.508 e. The number of rotatable bonds is 8. The zero-order chi connectivity index (χ0) is 18.4. The van der Waals surface area contributed by atoms with E-state index < -0.39 is 10.2 Å². The molecule has 136 valence electrons. The molecule has 0 bridgehead atoms. The number of aromatic nitrogens is 2. The maximum atomic E-state index is 12.0. The molecular weight excluding hydrogens is 352 g/mol. The number of hydrogen-bond donors (Lipinski definition) is 4. The SMILES string of the molecule is O=S(=O)(NCc1ccc(O)cc1)NCc1ccc(Cc2cnc[nH]2)cc1. The van der Waals surface area contributed by atoms with Gasteiger partial charge in [-0.25, -0.2) is 4.98 Å². The molecule has 0 fully saturated rings. The van der Waals surface area contributed by atoms with Gasteiger partial charge in [-0.2, -0.15) is 17.9 Å². The van der Waals surface area contributed by atoms with Gasteiger partial charge < -0.3 is 10.1 Å². The van der Waals surface area contributed by atoms with Gasteiger partial charge in [-0.3, -0.25) is 0 Å². The maximum Gasteiger partial charge on any atom is 0.277 e. The van der Waals surface area contributed by atoms with Crippen molar-refractivity contribution in [3.8, 4) is 5.75 Å². The van der Waals surface area contributed by atoms with Crippen LogP contribution in [-0.2, 0) is 29.7 Å². The molecule has 26 heavy (non-hydrogen) atoms. The smallest absolute Gasteiger partial charge is 0.277 e. The highest BCUT2D eigenvalue weighted by Crippen LogP contribution is 2.10. The van der Waals surface area contributed by atoms with Gasteiger partial charge in [0.05, 0.1) is 6.33 Å². The first-order valence-electron chi connectivity index (χ1n) is 8.07. The lowest BCUT2D eigenvalue weighted by atomic mass is 10.1. The minimum Gasteiger partial charge on any atom is -0.508 e. The van der Waals surface area contributed by atoms with Crippen molar-refractivity contribution >= 4 is 10.2 Å². The van der Waals surface area contributed by atoms with Crippen LogP contribution in [0.15, 0.2) is 61.1 Å². The van der Waals surface area contributed by atoms with E-state index in [0.717, 1.165) is 28.8 Å². The number of phenols is 1. The summed E-state index contributed by atoms with van der Waals surface area (Å²) in [6.45, 7) is 0.355. The number of nitrogens with one attached hydrogen (secondary N) is 3. The van der Waals surface area contributed by atoms with E-state index in [4.69, 9.17) is 0 Å². The molecule has 0 aliphatic heterocycles. The first kappa shape index (κ1) is 18.1. The van der Waals surface area contributed by atoms with E-state index in [1.54, 1.807) is 24.7 Å². The van der Waals surface area contributed by atoms with E-state index in [1.807, 2.05) is 24.3 Å². The molecule has 0 saturated carbocycles. The van der Waals surface area contributed by atoms with Crippen molar-refractivity contribution in [2.45, 2.75) is 19.5 Å². The summed E-state index contributed by atoms with van der Waals surface area (Å²) in [6.07, 6.45) is 4.17. The minimum atomic E-state index is -3.62. The predicted molar refractivity (Wildman–Crippen MR) is 98.5 cm³/mol. The zero-order valence-electron chi connectivity index (χ0n) is 14.0. The second kappa shape index (κ2) is 8.13. The molecule has 0 unspecified atom stereocenters. The molecule has 0 amide bonds. The van der Waals surface area contributed by atoms with E-state index in [1.165, 1.54) is 12.1 Å². The summed E-state index contributed by atoms with van der Waals surface area (Å²) in [6, 6.07) is 14.1. The Bertz CT molecular complexity index is 922. The van der Waals surface area contributed by atoms with Crippen molar-refractivity contribution in [1.29, 1.82) is 0 Å². The van der Waals surface area contributed by atoms with Gasteiger partial charge in [0, 0.05) is 31.4 Å². The summed E-state index contributed by atoms with van der Waals surface area (Å²) >= 11 is 0. The van der Waals surface area contributed by atoms with Crippen LogP contribution in [0.25, 0.3) is 0 Å². The Morgan fingerprint density at radius 1 is 0.885 bits per heavy atom. The molecule has 0 atom stereocenters. The van der Waals surface area contributed by atoms with Crippen LogP contribution in [0.1, 0.15) is 22.4 Å². The second-order valence-electron chi connectivity index (χ2n) is 5.88. The van der Waals surface area contributed by atoms with Gasteiger partial charge in [-0.05, 0) is 28.8 Å². The fourth-order valence-electron chi connectivity index (χ4n) is 2.40. The van der Waals surface area contributed by atoms with Crippen LogP contribution in [-0.4, -0.2) is 23.5 Å². The molecule has 0 aliphatic rings. The molecule has 1 aromatic heterocycles. The highest BCUT2D eigenvalue weighted by atomic mass is 32.2. The molecule has 7 nitrogen and oxygen atoms in total. The topological polar surface area (TPSA) is 107 Å². The molecule has 0 saturated heterocycles. The van der Waals surface area contributed by atoms with Gasteiger partial charge in [0.25, 0.3) is 10.2 Å². The molecule has 0 aliphatic carbocycles. The van der Waals surface area contributed by atoms with E-state index >= 15 is 0 Å². The number of hydrogen-bond acceptors (Lipinski definition) is 4. The molecule has 4 N–H and O–H groups in total. The van der Waals surface area contributed by atoms with Crippen LogP contribution in [0.2, 0.25) is 0 Å². The van der Waals surface area contributed by atoms with Crippen molar-refractivity contribution in [2.24, 2.45) is 0 Å². The Labute approximate surface area is 152 Å². The van der Waals surface area contributed by atoms with Crippen LogP contribution in [0.3, 0.4) is 0 Å². The van der Waals surface area contributed by atoms with Crippen LogP contribution in [0, 0.1) is 0 Å². The van der Waals surface area contributed by atoms with Gasteiger partial charge in [0.15, 0.2) is 0 Å². The molecule has 2 aromatic carbocycles. The number of aromatic hydroxyl groups is 1. The first-order valence-corrected chi connectivity index (χ1v) is 9.56. The summed E-state index contributed by atoms with van der Waals surface area (Å²) in [5.74, 6) is 0.144. The molecular formula is C18H20N4O3S. The molecule has 3 rings (SSSR count). The molecule has 3 aromatic rings. The van der Waals surface area contributed by atoms with Crippen LogP contribution < -0.4 is 9.44 Å². The third-order valence-electron chi connectivity index (χ3n) is 3.84. The quantitative estimate of drug-likeness (QED) is 0.484. The minimum absolute atomic E-state index is 0.144. The monoisotopic (exact) mass is 372 g/mol. The first-order chi connectivity index (χ1) is 12.5. The van der Waals surface area contributed by atoms with Crippen molar-refractivity contribution in [3.63, 3.8) is 0 Å². The molecule has 1 heterocycles. The van der Waals surface area contributed by atoms with Gasteiger partial charge in [0.2, 0.25) is 0 Å². The average molecular weight is 372 g/mol. The maximum absolute atomic E-state index is 12.0. The Hall–Kier alpha value is -2.68. The fraction of sp³-hybridized carbons (Fsp3) is 0.167. The summed E-state index contributed by atoms with van der Waals surface area (Å²) in [7, 11) is -3.62. The highest BCUT2D eigenvalue weighted by Gasteiger charge is 2.09. The number of nitrogens with zero attached hydrogens (tertiary/aromatic N) is 1. The molecule has 0 radical (unpaired) electrons. The van der Waals surface area contributed by atoms with Crippen molar-refractivity contribution in [3.05, 3.63) is 83.4 Å². The van der Waals surface area contributed by atoms with Gasteiger partial charge >= 0.3 is 0 Å². The number of phenolic OH excluding ortho intramolecular Hbond substituents is 1. The molecule has 0 spiro atoms. The van der Waals surface area contributed by atoms with Crippen molar-refractivity contribution in [1.82, 2.24) is 19.4 Å². The van der Waals surface area contributed by atoms with Crippen LogP contribution >= 0.6 is 0 Å². The van der Waals surface area contributed by atoms with E-state index in [-0.39, 0.29) is 18.8 Å². The van der Waals surface area contributed by atoms with Gasteiger partial charge in [-0.15, -0.1) is 0 Å².